The van der Waals surface area contributed by atoms with E-state index in [1.807, 2.05) is 0 Å². The maximum absolute atomic E-state index is 13.1. The molecule has 1 N–H and O–H groups in total. The predicted octanol–water partition coefficient (Wildman–Crippen LogP) is 3.47. The Morgan fingerprint density at radius 2 is 1.88 bits per heavy atom. The molecule has 5 nitrogen and oxygen atoms in total. The van der Waals surface area contributed by atoms with Gasteiger partial charge in [-0.1, -0.05) is 6.92 Å². The fourth-order valence-electron chi connectivity index (χ4n) is 4.90. The lowest BCUT2D eigenvalue weighted by atomic mass is 9.77. The van der Waals surface area contributed by atoms with Gasteiger partial charge in [0, 0.05) is 24.5 Å². The van der Waals surface area contributed by atoms with Crippen LogP contribution in [0.15, 0.2) is 12.4 Å². The van der Waals surface area contributed by atoms with Crippen molar-refractivity contribution >= 4 is 6.03 Å². The van der Waals surface area contributed by atoms with Gasteiger partial charge < -0.3 is 10.2 Å². The van der Waals surface area contributed by atoms with E-state index in [4.69, 9.17) is 0 Å². The number of urea groups is 1. The lowest BCUT2D eigenvalue weighted by Crippen LogP contribution is -2.56. The van der Waals surface area contributed by atoms with Crippen LogP contribution in [0.25, 0.3) is 0 Å². The smallest absolute Gasteiger partial charge is 0.317 e. The lowest BCUT2D eigenvalue weighted by Gasteiger charge is -2.46. The fraction of sp³-hybridized carbons (Fsp3) is 0.737. The van der Waals surface area contributed by atoms with Crippen molar-refractivity contribution in [1.29, 1.82) is 0 Å². The standard InChI is InChI=1S/C19H27FN4O/c1-12-2-5-15(8-17(12)18-21-9-14(20)10-22-18)23-19(25)24-11-13-3-6-16(24)7-4-13/h9-10,12-13,15-17H,2-8,11H2,1H3,(H,23,25). The van der Waals surface area contributed by atoms with Gasteiger partial charge in [0.25, 0.3) is 0 Å². The summed E-state index contributed by atoms with van der Waals surface area (Å²) in [4.78, 5) is 23.2. The molecule has 2 aliphatic carbocycles. The molecule has 3 atom stereocenters. The third-order valence-corrected chi connectivity index (χ3v) is 6.47. The van der Waals surface area contributed by atoms with Crippen LogP contribution in [0.2, 0.25) is 0 Å². The van der Waals surface area contributed by atoms with Gasteiger partial charge in [0.1, 0.15) is 5.82 Å². The van der Waals surface area contributed by atoms with E-state index in [0.717, 1.165) is 38.6 Å². The topological polar surface area (TPSA) is 58.1 Å². The van der Waals surface area contributed by atoms with Crippen molar-refractivity contribution in [2.45, 2.75) is 69.9 Å². The molecule has 2 amide bonds. The Kier molecular flexibility index (Phi) is 4.61. The molecule has 1 aromatic rings. The third-order valence-electron chi connectivity index (χ3n) is 6.47. The number of carbonyl (C=O) groups excluding carboxylic acids is 1. The molecule has 6 heteroatoms. The van der Waals surface area contributed by atoms with Crippen LogP contribution in [0, 0.1) is 17.7 Å². The SMILES string of the molecule is CC1CCC(NC(=O)N2CC3CCC2CC3)CC1c1ncc(F)cn1. The first kappa shape index (κ1) is 16.7. The van der Waals surface area contributed by atoms with E-state index in [1.165, 1.54) is 25.2 Å². The Hall–Kier alpha value is -1.72. The fourth-order valence-corrected chi connectivity index (χ4v) is 4.90. The summed E-state index contributed by atoms with van der Waals surface area (Å²) in [7, 11) is 0. The Morgan fingerprint density at radius 3 is 2.52 bits per heavy atom. The zero-order valence-corrected chi connectivity index (χ0v) is 14.8. The molecule has 4 aliphatic rings. The first-order chi connectivity index (χ1) is 12.1. The zero-order chi connectivity index (χ0) is 17.4. The number of nitrogens with zero attached hydrogens (tertiary/aromatic N) is 3. The molecule has 0 radical (unpaired) electrons. The number of aromatic nitrogens is 2. The second kappa shape index (κ2) is 6.89. The average molecular weight is 346 g/mol. The highest BCUT2D eigenvalue weighted by Gasteiger charge is 2.38. The van der Waals surface area contributed by atoms with Gasteiger partial charge in [0.2, 0.25) is 0 Å². The summed E-state index contributed by atoms with van der Waals surface area (Å²) in [5.41, 5.74) is 0. The number of nitrogens with one attached hydrogen (secondary N) is 1. The van der Waals surface area contributed by atoms with Crippen molar-refractivity contribution in [3.05, 3.63) is 24.0 Å². The van der Waals surface area contributed by atoms with E-state index in [1.54, 1.807) is 0 Å². The van der Waals surface area contributed by atoms with Crippen molar-refractivity contribution in [3.63, 3.8) is 0 Å². The van der Waals surface area contributed by atoms with Crippen LogP contribution < -0.4 is 5.32 Å². The van der Waals surface area contributed by atoms with E-state index < -0.39 is 5.82 Å². The summed E-state index contributed by atoms with van der Waals surface area (Å²) >= 11 is 0. The molecule has 2 saturated carbocycles. The summed E-state index contributed by atoms with van der Waals surface area (Å²) in [5.74, 6) is 1.62. The molecule has 2 aliphatic heterocycles. The van der Waals surface area contributed by atoms with Crippen LogP contribution in [0.5, 0.6) is 0 Å². The van der Waals surface area contributed by atoms with Crippen LogP contribution >= 0.6 is 0 Å². The minimum atomic E-state index is -0.405. The summed E-state index contributed by atoms with van der Waals surface area (Å²) in [5, 5.41) is 3.26. The van der Waals surface area contributed by atoms with E-state index in [2.05, 4.69) is 27.1 Å². The quantitative estimate of drug-likeness (QED) is 0.892. The maximum atomic E-state index is 13.1. The molecule has 4 fully saturated rings. The highest BCUT2D eigenvalue weighted by molar-refractivity contribution is 5.75. The number of rotatable bonds is 2. The maximum Gasteiger partial charge on any atom is 0.317 e. The van der Waals surface area contributed by atoms with Crippen LogP contribution in [0.1, 0.15) is 63.6 Å². The van der Waals surface area contributed by atoms with E-state index in [9.17, 15) is 9.18 Å². The van der Waals surface area contributed by atoms with Gasteiger partial charge in [0.05, 0.1) is 12.4 Å². The van der Waals surface area contributed by atoms with Gasteiger partial charge in [-0.15, -0.1) is 0 Å². The van der Waals surface area contributed by atoms with Crippen LogP contribution in [0.4, 0.5) is 9.18 Å². The molecule has 5 rings (SSSR count). The van der Waals surface area contributed by atoms with E-state index in [0.29, 0.717) is 23.7 Å². The van der Waals surface area contributed by atoms with Crippen molar-refractivity contribution in [2.24, 2.45) is 11.8 Å². The van der Waals surface area contributed by atoms with Crippen LogP contribution in [-0.2, 0) is 0 Å². The van der Waals surface area contributed by atoms with E-state index >= 15 is 0 Å². The first-order valence-corrected chi connectivity index (χ1v) is 9.64. The van der Waals surface area contributed by atoms with Gasteiger partial charge >= 0.3 is 6.03 Å². The Balaban J connectivity index is 1.39. The van der Waals surface area contributed by atoms with Gasteiger partial charge in [-0.2, -0.15) is 0 Å². The van der Waals surface area contributed by atoms with Crippen LogP contribution in [0.3, 0.4) is 0 Å². The number of hydrogen-bond acceptors (Lipinski definition) is 3. The summed E-state index contributed by atoms with van der Waals surface area (Å²) < 4.78 is 13.1. The van der Waals surface area contributed by atoms with Crippen LogP contribution in [-0.4, -0.2) is 39.5 Å². The molecular weight excluding hydrogens is 319 g/mol. The molecule has 136 valence electrons. The minimum absolute atomic E-state index is 0.104. The highest BCUT2D eigenvalue weighted by Crippen LogP contribution is 2.37. The van der Waals surface area contributed by atoms with Gasteiger partial charge in [-0.05, 0) is 56.8 Å². The lowest BCUT2D eigenvalue weighted by molar-refractivity contribution is 0.0717. The highest BCUT2D eigenvalue weighted by atomic mass is 19.1. The Labute approximate surface area is 148 Å². The van der Waals surface area contributed by atoms with Gasteiger partial charge in [-0.3, -0.25) is 0 Å². The monoisotopic (exact) mass is 346 g/mol. The molecule has 1 aromatic heterocycles. The predicted molar refractivity (Wildman–Crippen MR) is 92.5 cm³/mol. The molecule has 0 spiro atoms. The second-order valence-electron chi connectivity index (χ2n) is 8.13. The normalized spacial score (nSPS) is 34.8. The molecule has 0 aromatic carbocycles. The molecule has 25 heavy (non-hydrogen) atoms. The summed E-state index contributed by atoms with van der Waals surface area (Å²) in [6.07, 6.45) is 10.2. The number of carbonyl (C=O) groups is 1. The van der Waals surface area contributed by atoms with Crippen molar-refractivity contribution in [3.8, 4) is 0 Å². The minimum Gasteiger partial charge on any atom is -0.335 e. The van der Waals surface area contributed by atoms with Gasteiger partial charge in [-0.25, -0.2) is 19.2 Å². The molecule has 2 bridgehead atoms. The molecular formula is C19H27FN4O. The first-order valence-electron chi connectivity index (χ1n) is 9.64. The number of hydrogen-bond donors (Lipinski definition) is 1. The molecule has 2 saturated heterocycles. The molecule has 3 unspecified atom stereocenters. The van der Waals surface area contributed by atoms with E-state index in [-0.39, 0.29) is 18.0 Å². The number of piperidine rings is 2. The largest absolute Gasteiger partial charge is 0.335 e. The summed E-state index contributed by atoms with van der Waals surface area (Å²) in [6.45, 7) is 3.11. The number of halogens is 1. The Morgan fingerprint density at radius 1 is 1.16 bits per heavy atom. The summed E-state index contributed by atoms with van der Waals surface area (Å²) in [6, 6.07) is 0.694. The average Bonchev–Trinajstić information content (AvgIpc) is 2.65. The second-order valence-corrected chi connectivity index (χ2v) is 8.13. The number of fused-ring (bicyclic) bond motifs is 3. The van der Waals surface area contributed by atoms with Gasteiger partial charge in [0.15, 0.2) is 5.82 Å². The molecule has 3 heterocycles. The Bertz CT molecular complexity index is 614. The van der Waals surface area contributed by atoms with Crippen molar-refractivity contribution in [2.75, 3.05) is 6.54 Å². The number of amides is 2. The van der Waals surface area contributed by atoms with Crippen molar-refractivity contribution < 1.29 is 9.18 Å². The van der Waals surface area contributed by atoms with Crippen molar-refractivity contribution in [1.82, 2.24) is 20.2 Å². The zero-order valence-electron chi connectivity index (χ0n) is 14.8. The third kappa shape index (κ3) is 3.48.